The molecular weight excluding hydrogens is 331 g/mol. The summed E-state index contributed by atoms with van der Waals surface area (Å²) in [6, 6.07) is 5.01. The zero-order chi connectivity index (χ0) is 14.4. The molecule has 0 radical (unpaired) electrons. The van der Waals surface area contributed by atoms with Gasteiger partial charge >= 0.3 is 5.97 Å². The van der Waals surface area contributed by atoms with Crippen molar-refractivity contribution in [2.75, 3.05) is 0 Å². The summed E-state index contributed by atoms with van der Waals surface area (Å²) in [7, 11) is 0. The number of fused-ring (bicyclic) bond motifs is 1. The number of aromatic nitrogens is 2. The van der Waals surface area contributed by atoms with E-state index in [1.54, 1.807) is 18.2 Å². The molecule has 0 amide bonds. The normalized spacial score (nSPS) is 21.1. The van der Waals surface area contributed by atoms with Crippen LogP contribution in [0.2, 0.25) is 0 Å². The highest BCUT2D eigenvalue weighted by Crippen LogP contribution is 2.44. The van der Waals surface area contributed by atoms with E-state index in [1.807, 2.05) is 0 Å². The molecular formula is C13H10BrFN2O3. The predicted molar refractivity (Wildman–Crippen MR) is 73.6 cm³/mol. The van der Waals surface area contributed by atoms with Gasteiger partial charge in [-0.2, -0.15) is 5.10 Å². The van der Waals surface area contributed by atoms with Gasteiger partial charge < -0.3 is 5.11 Å². The molecule has 1 aromatic heterocycles. The first-order chi connectivity index (χ1) is 9.47. The Morgan fingerprint density at radius 2 is 2.20 bits per heavy atom. The van der Waals surface area contributed by atoms with Crippen LogP contribution in [0.25, 0.3) is 10.8 Å². The standard InChI is InChI=1S/C13H10BrFN2O3/c14-6-1-2-7-8(3-6)12(9-4-10(9)15)16-17(13(7)20)5-11(18)19/h1-3,9-10H,4-5H2,(H,18,19). The second-order valence-electron chi connectivity index (χ2n) is 4.79. The van der Waals surface area contributed by atoms with Gasteiger partial charge in [0.15, 0.2) is 0 Å². The maximum absolute atomic E-state index is 13.3. The number of hydrogen-bond acceptors (Lipinski definition) is 3. The van der Waals surface area contributed by atoms with Crippen molar-refractivity contribution in [3.8, 4) is 0 Å². The van der Waals surface area contributed by atoms with E-state index in [2.05, 4.69) is 21.0 Å². The Balaban J connectivity index is 2.28. The van der Waals surface area contributed by atoms with E-state index in [0.29, 0.717) is 22.9 Å². The number of alkyl halides is 1. The first-order valence-electron chi connectivity index (χ1n) is 6.03. The molecule has 1 heterocycles. The monoisotopic (exact) mass is 340 g/mol. The third-order valence-electron chi connectivity index (χ3n) is 3.30. The van der Waals surface area contributed by atoms with Gasteiger partial charge in [0, 0.05) is 15.8 Å². The van der Waals surface area contributed by atoms with E-state index < -0.39 is 24.2 Å². The van der Waals surface area contributed by atoms with Crippen LogP contribution in [0.3, 0.4) is 0 Å². The van der Waals surface area contributed by atoms with E-state index in [4.69, 9.17) is 5.11 Å². The summed E-state index contributed by atoms with van der Waals surface area (Å²) < 4.78 is 15.0. The number of rotatable bonds is 3. The van der Waals surface area contributed by atoms with Crippen molar-refractivity contribution in [2.24, 2.45) is 0 Å². The topological polar surface area (TPSA) is 72.2 Å². The van der Waals surface area contributed by atoms with Gasteiger partial charge in [0.05, 0.1) is 11.1 Å². The summed E-state index contributed by atoms with van der Waals surface area (Å²) in [6.45, 7) is -0.526. The van der Waals surface area contributed by atoms with Gasteiger partial charge in [-0.1, -0.05) is 15.9 Å². The third kappa shape index (κ3) is 2.22. The van der Waals surface area contributed by atoms with Crippen molar-refractivity contribution in [1.29, 1.82) is 0 Å². The van der Waals surface area contributed by atoms with Gasteiger partial charge in [0.25, 0.3) is 5.56 Å². The van der Waals surface area contributed by atoms with Gasteiger partial charge in [0.2, 0.25) is 0 Å². The largest absolute Gasteiger partial charge is 0.480 e. The molecule has 2 atom stereocenters. The van der Waals surface area contributed by atoms with E-state index in [9.17, 15) is 14.0 Å². The molecule has 1 saturated carbocycles. The van der Waals surface area contributed by atoms with E-state index in [0.717, 1.165) is 9.15 Å². The van der Waals surface area contributed by atoms with Crippen LogP contribution < -0.4 is 5.56 Å². The molecule has 2 unspecified atom stereocenters. The molecule has 2 aromatic rings. The average molecular weight is 341 g/mol. The van der Waals surface area contributed by atoms with Gasteiger partial charge in [-0.3, -0.25) is 9.59 Å². The number of halogens is 2. The number of carboxylic acids is 1. The van der Waals surface area contributed by atoms with Crippen molar-refractivity contribution < 1.29 is 14.3 Å². The molecule has 20 heavy (non-hydrogen) atoms. The van der Waals surface area contributed by atoms with Crippen LogP contribution >= 0.6 is 15.9 Å². The summed E-state index contributed by atoms with van der Waals surface area (Å²) in [5.74, 6) is -1.51. The summed E-state index contributed by atoms with van der Waals surface area (Å²) in [4.78, 5) is 23.0. The minimum Gasteiger partial charge on any atom is -0.480 e. The summed E-state index contributed by atoms with van der Waals surface area (Å²) in [5.41, 5.74) is -0.0237. The highest BCUT2D eigenvalue weighted by atomic mass is 79.9. The SMILES string of the molecule is O=C(O)Cn1nc(C2CC2F)c2cc(Br)ccc2c1=O. The summed E-state index contributed by atoms with van der Waals surface area (Å²) in [6.07, 6.45) is -0.611. The average Bonchev–Trinajstić information content (AvgIpc) is 3.09. The first kappa shape index (κ1) is 13.2. The second-order valence-corrected chi connectivity index (χ2v) is 5.71. The van der Waals surface area contributed by atoms with Crippen molar-refractivity contribution in [2.45, 2.75) is 25.1 Å². The van der Waals surface area contributed by atoms with E-state index >= 15 is 0 Å². The number of carboxylic acid groups (broad SMARTS) is 1. The molecule has 1 fully saturated rings. The van der Waals surface area contributed by atoms with Gasteiger partial charge in [-0.05, 0) is 24.6 Å². The second kappa shape index (κ2) is 4.66. The third-order valence-corrected chi connectivity index (χ3v) is 3.79. The molecule has 7 heteroatoms. The Bertz CT molecular complexity index is 774. The molecule has 1 aliphatic carbocycles. The van der Waals surface area contributed by atoms with Crippen LogP contribution in [0.1, 0.15) is 18.0 Å². The summed E-state index contributed by atoms with van der Waals surface area (Å²) in [5, 5.41) is 13.8. The Hall–Kier alpha value is -1.76. The number of nitrogens with zero attached hydrogens (tertiary/aromatic N) is 2. The maximum atomic E-state index is 13.3. The predicted octanol–water partition coefficient (Wildman–Crippen LogP) is 2.07. The Labute approximate surface area is 121 Å². The lowest BCUT2D eigenvalue weighted by atomic mass is 10.1. The maximum Gasteiger partial charge on any atom is 0.325 e. The lowest BCUT2D eigenvalue weighted by Crippen LogP contribution is -2.28. The molecule has 5 nitrogen and oxygen atoms in total. The number of benzene rings is 1. The zero-order valence-electron chi connectivity index (χ0n) is 10.2. The van der Waals surface area contributed by atoms with E-state index in [-0.39, 0.29) is 5.92 Å². The lowest BCUT2D eigenvalue weighted by molar-refractivity contribution is -0.138. The number of hydrogen-bond donors (Lipinski definition) is 1. The quantitative estimate of drug-likeness (QED) is 0.928. The van der Waals surface area contributed by atoms with Crippen LogP contribution in [0, 0.1) is 0 Å². The van der Waals surface area contributed by atoms with E-state index in [1.165, 1.54) is 0 Å². The van der Waals surface area contributed by atoms with Crippen molar-refractivity contribution in [3.05, 3.63) is 38.7 Å². The molecule has 0 aliphatic heterocycles. The van der Waals surface area contributed by atoms with Crippen molar-refractivity contribution in [3.63, 3.8) is 0 Å². The smallest absolute Gasteiger partial charge is 0.325 e. The van der Waals surface area contributed by atoms with Crippen LogP contribution in [-0.2, 0) is 11.3 Å². The fraction of sp³-hybridized carbons (Fsp3) is 0.308. The molecule has 3 rings (SSSR count). The highest BCUT2D eigenvalue weighted by molar-refractivity contribution is 9.10. The number of carbonyl (C=O) groups is 1. The number of aliphatic carboxylic acids is 1. The molecule has 1 aromatic carbocycles. The van der Waals surface area contributed by atoms with Crippen LogP contribution in [0.4, 0.5) is 4.39 Å². The van der Waals surface area contributed by atoms with Gasteiger partial charge in [-0.15, -0.1) is 0 Å². The Morgan fingerprint density at radius 3 is 2.80 bits per heavy atom. The van der Waals surface area contributed by atoms with Gasteiger partial charge in [-0.25, -0.2) is 9.07 Å². The Kier molecular flexibility index (Phi) is 3.08. The van der Waals surface area contributed by atoms with Crippen LogP contribution in [0.15, 0.2) is 27.5 Å². The van der Waals surface area contributed by atoms with Crippen LogP contribution in [0.5, 0.6) is 0 Å². The molecule has 1 aliphatic rings. The highest BCUT2D eigenvalue weighted by Gasteiger charge is 2.41. The van der Waals surface area contributed by atoms with Crippen molar-refractivity contribution in [1.82, 2.24) is 9.78 Å². The molecule has 0 bridgehead atoms. The first-order valence-corrected chi connectivity index (χ1v) is 6.83. The van der Waals surface area contributed by atoms with Crippen molar-refractivity contribution >= 4 is 32.7 Å². The zero-order valence-corrected chi connectivity index (χ0v) is 11.8. The minimum absolute atomic E-state index is 0.354. The van der Waals surface area contributed by atoms with Crippen LogP contribution in [-0.4, -0.2) is 27.0 Å². The fourth-order valence-electron chi connectivity index (χ4n) is 2.24. The molecule has 0 saturated heterocycles. The fourth-order valence-corrected chi connectivity index (χ4v) is 2.60. The minimum atomic E-state index is -1.16. The van der Waals surface area contributed by atoms with Gasteiger partial charge in [0.1, 0.15) is 12.7 Å². The summed E-state index contributed by atoms with van der Waals surface area (Å²) >= 11 is 3.31. The molecule has 104 valence electrons. The Morgan fingerprint density at radius 1 is 1.50 bits per heavy atom. The molecule has 1 N–H and O–H groups in total. The molecule has 0 spiro atoms. The lowest BCUT2D eigenvalue weighted by Gasteiger charge is -2.09.